The lowest BCUT2D eigenvalue weighted by molar-refractivity contribution is -0.137. The molecular formula is C30H40F3N3O4. The van der Waals surface area contributed by atoms with E-state index in [1.54, 1.807) is 31.9 Å². The van der Waals surface area contributed by atoms with Gasteiger partial charge in [-0.2, -0.15) is 13.2 Å². The van der Waals surface area contributed by atoms with Crippen molar-refractivity contribution in [3.05, 3.63) is 70.3 Å². The number of nitrogens with zero attached hydrogens (tertiary/aromatic N) is 3. The molecule has 220 valence electrons. The topological polar surface area (TPSA) is 87.5 Å². The molecule has 0 spiro atoms. The SMILES string of the molecule is Cc1cc(C(C)N(C)C(=O)N2CCN3C(CC(CCO)(CCO)C3O)C2c2ccccc2C)cc(C(F)(F)F)c1. The molecule has 4 atom stereocenters. The first-order valence-corrected chi connectivity index (χ1v) is 13.8. The summed E-state index contributed by atoms with van der Waals surface area (Å²) in [5.41, 5.74) is 1.31. The maximum Gasteiger partial charge on any atom is 0.416 e. The standard InChI is InChI=1S/C30H40F3N3O4/c1-19-15-22(17-23(16-19)30(31,32)33)21(3)34(4)28(40)36-12-11-35-25(26(36)24-8-6-5-7-20(24)2)18-29(9-13-37,10-14-38)27(35)39/h5-8,15-17,21,25-27,37-39H,9-14,18H2,1-4H3. The third kappa shape index (κ3) is 5.59. The lowest BCUT2D eigenvalue weighted by atomic mass is 9.76. The van der Waals surface area contributed by atoms with Crippen LogP contribution in [0.1, 0.15) is 66.1 Å². The van der Waals surface area contributed by atoms with E-state index in [1.165, 1.54) is 4.90 Å². The van der Waals surface area contributed by atoms with Crippen molar-refractivity contribution in [3.8, 4) is 0 Å². The zero-order chi connectivity index (χ0) is 29.4. The average molecular weight is 564 g/mol. The van der Waals surface area contributed by atoms with Crippen LogP contribution in [0.5, 0.6) is 0 Å². The van der Waals surface area contributed by atoms with E-state index in [0.717, 1.165) is 23.3 Å². The van der Waals surface area contributed by atoms with E-state index in [0.29, 0.717) is 43.5 Å². The van der Waals surface area contributed by atoms with Gasteiger partial charge in [0.05, 0.1) is 17.6 Å². The maximum absolute atomic E-state index is 14.1. The van der Waals surface area contributed by atoms with E-state index in [1.807, 2.05) is 36.1 Å². The van der Waals surface area contributed by atoms with Crippen LogP contribution in [0.2, 0.25) is 0 Å². The molecule has 4 unspecified atom stereocenters. The third-order valence-corrected chi connectivity index (χ3v) is 8.97. The Morgan fingerprint density at radius 3 is 2.35 bits per heavy atom. The Bertz CT molecular complexity index is 1200. The molecule has 2 heterocycles. The fraction of sp³-hybridized carbons (Fsp3) is 0.567. The first-order valence-electron chi connectivity index (χ1n) is 13.8. The second-order valence-corrected chi connectivity index (χ2v) is 11.4. The van der Waals surface area contributed by atoms with Gasteiger partial charge in [0.15, 0.2) is 0 Å². The smallest absolute Gasteiger partial charge is 0.396 e. The summed E-state index contributed by atoms with van der Waals surface area (Å²) in [6.45, 7) is 5.73. The number of aryl methyl sites for hydroxylation is 2. The molecule has 2 aliphatic heterocycles. The molecule has 2 aromatic rings. The highest BCUT2D eigenvalue weighted by atomic mass is 19.4. The molecule has 0 aliphatic carbocycles. The predicted molar refractivity (Wildman–Crippen MR) is 145 cm³/mol. The monoisotopic (exact) mass is 563 g/mol. The average Bonchev–Trinajstić information content (AvgIpc) is 3.18. The number of benzene rings is 2. The van der Waals surface area contributed by atoms with Crippen molar-refractivity contribution in [1.29, 1.82) is 0 Å². The number of fused-ring (bicyclic) bond motifs is 1. The number of piperazine rings is 1. The van der Waals surface area contributed by atoms with Crippen LogP contribution >= 0.6 is 0 Å². The molecular weight excluding hydrogens is 523 g/mol. The van der Waals surface area contributed by atoms with Crippen molar-refractivity contribution in [2.45, 2.75) is 70.6 Å². The van der Waals surface area contributed by atoms with Crippen molar-refractivity contribution in [2.75, 3.05) is 33.4 Å². The Kier molecular flexibility index (Phi) is 8.85. The van der Waals surface area contributed by atoms with Gasteiger partial charge in [-0.1, -0.05) is 35.9 Å². The molecule has 2 aliphatic rings. The first-order chi connectivity index (χ1) is 18.8. The van der Waals surface area contributed by atoms with Gasteiger partial charge in [-0.25, -0.2) is 4.79 Å². The van der Waals surface area contributed by atoms with Crippen LogP contribution in [-0.2, 0) is 6.18 Å². The highest BCUT2D eigenvalue weighted by Gasteiger charge is 2.56. The molecule has 2 amide bonds. The van der Waals surface area contributed by atoms with Crippen LogP contribution in [0, 0.1) is 19.3 Å². The van der Waals surface area contributed by atoms with Crippen LogP contribution in [0.25, 0.3) is 0 Å². The number of hydrogen-bond donors (Lipinski definition) is 3. The first kappa shape index (κ1) is 30.3. The lowest BCUT2D eigenvalue weighted by Gasteiger charge is -2.47. The van der Waals surface area contributed by atoms with Crippen molar-refractivity contribution in [1.82, 2.24) is 14.7 Å². The number of urea groups is 1. The van der Waals surface area contributed by atoms with Gasteiger partial charge >= 0.3 is 12.2 Å². The van der Waals surface area contributed by atoms with Gasteiger partial charge in [-0.05, 0) is 68.9 Å². The normalized spacial score (nSPS) is 23.6. The van der Waals surface area contributed by atoms with E-state index in [2.05, 4.69) is 0 Å². The highest BCUT2D eigenvalue weighted by Crippen LogP contribution is 2.51. The Balaban J connectivity index is 1.71. The summed E-state index contributed by atoms with van der Waals surface area (Å²) in [5.74, 6) is 0. The summed E-state index contributed by atoms with van der Waals surface area (Å²) in [7, 11) is 1.61. The predicted octanol–water partition coefficient (Wildman–Crippen LogP) is 4.64. The fourth-order valence-corrected chi connectivity index (χ4v) is 6.67. The van der Waals surface area contributed by atoms with E-state index < -0.39 is 35.5 Å². The molecule has 0 aromatic heterocycles. The van der Waals surface area contributed by atoms with Gasteiger partial charge in [-0.3, -0.25) is 4.90 Å². The summed E-state index contributed by atoms with van der Waals surface area (Å²) in [6.07, 6.45) is -4.26. The van der Waals surface area contributed by atoms with Gasteiger partial charge < -0.3 is 25.1 Å². The molecule has 7 nitrogen and oxygen atoms in total. The lowest BCUT2D eigenvalue weighted by Crippen LogP contribution is -2.58. The Morgan fingerprint density at radius 1 is 1.10 bits per heavy atom. The second-order valence-electron chi connectivity index (χ2n) is 11.4. The minimum absolute atomic E-state index is 0.133. The van der Waals surface area contributed by atoms with Crippen LogP contribution in [0.4, 0.5) is 18.0 Å². The summed E-state index contributed by atoms with van der Waals surface area (Å²) >= 11 is 0. The number of alkyl halides is 3. The fourth-order valence-electron chi connectivity index (χ4n) is 6.67. The molecule has 2 aromatic carbocycles. The van der Waals surface area contributed by atoms with Gasteiger partial charge in [-0.15, -0.1) is 0 Å². The quantitative estimate of drug-likeness (QED) is 0.457. The number of halogens is 3. The molecule has 40 heavy (non-hydrogen) atoms. The minimum Gasteiger partial charge on any atom is -0.396 e. The number of hydrogen-bond acceptors (Lipinski definition) is 5. The maximum atomic E-state index is 14.1. The van der Waals surface area contributed by atoms with Crippen molar-refractivity contribution in [3.63, 3.8) is 0 Å². The minimum atomic E-state index is -4.49. The summed E-state index contributed by atoms with van der Waals surface area (Å²) in [6, 6.07) is 9.98. The molecule has 10 heteroatoms. The Morgan fingerprint density at radius 2 is 1.75 bits per heavy atom. The zero-order valence-corrected chi connectivity index (χ0v) is 23.5. The third-order valence-electron chi connectivity index (χ3n) is 8.97. The van der Waals surface area contributed by atoms with E-state index in [4.69, 9.17) is 0 Å². The number of amides is 2. The van der Waals surface area contributed by atoms with E-state index in [-0.39, 0.29) is 25.3 Å². The van der Waals surface area contributed by atoms with E-state index in [9.17, 15) is 33.3 Å². The largest absolute Gasteiger partial charge is 0.416 e. The number of carbonyl (C=O) groups excluding carboxylic acids is 1. The number of aliphatic hydroxyl groups excluding tert-OH is 3. The molecule has 2 saturated heterocycles. The number of rotatable bonds is 7. The zero-order valence-electron chi connectivity index (χ0n) is 23.5. The van der Waals surface area contributed by atoms with Crippen molar-refractivity contribution >= 4 is 6.03 Å². The number of aliphatic hydroxyl groups is 3. The molecule has 0 radical (unpaired) electrons. The van der Waals surface area contributed by atoms with Gasteiger partial charge in [0.25, 0.3) is 0 Å². The van der Waals surface area contributed by atoms with Crippen LogP contribution in [0.3, 0.4) is 0 Å². The van der Waals surface area contributed by atoms with Crippen molar-refractivity contribution < 1.29 is 33.3 Å². The van der Waals surface area contributed by atoms with E-state index >= 15 is 0 Å². The van der Waals surface area contributed by atoms with Gasteiger partial charge in [0.1, 0.15) is 6.23 Å². The van der Waals surface area contributed by atoms with Crippen molar-refractivity contribution in [2.24, 2.45) is 5.41 Å². The van der Waals surface area contributed by atoms with Crippen LogP contribution in [0.15, 0.2) is 42.5 Å². The Hall–Kier alpha value is -2.66. The molecule has 2 fully saturated rings. The van der Waals surface area contributed by atoms with Gasteiger partial charge in [0, 0.05) is 44.8 Å². The van der Waals surface area contributed by atoms with Crippen LogP contribution in [-0.4, -0.2) is 81.7 Å². The molecule has 3 N–H and O–H groups in total. The molecule has 4 rings (SSSR count). The second kappa shape index (κ2) is 11.7. The Labute approximate surface area is 233 Å². The molecule has 0 saturated carbocycles. The van der Waals surface area contributed by atoms with Gasteiger partial charge in [0.2, 0.25) is 0 Å². The summed E-state index contributed by atoms with van der Waals surface area (Å²) in [4.78, 5) is 19.4. The summed E-state index contributed by atoms with van der Waals surface area (Å²) < 4.78 is 40.6. The highest BCUT2D eigenvalue weighted by molar-refractivity contribution is 5.76. The number of carbonyl (C=O) groups is 1. The summed E-state index contributed by atoms with van der Waals surface area (Å²) in [5, 5.41) is 31.0. The molecule has 0 bridgehead atoms. The van der Waals surface area contributed by atoms with Crippen LogP contribution < -0.4 is 0 Å².